The van der Waals surface area contributed by atoms with Crippen molar-refractivity contribution >= 4 is 11.9 Å². The zero-order chi connectivity index (χ0) is 20.9. The van der Waals surface area contributed by atoms with Gasteiger partial charge >= 0.3 is 12.5 Å². The van der Waals surface area contributed by atoms with Gasteiger partial charge in [-0.05, 0) is 24.3 Å². The van der Waals surface area contributed by atoms with Crippen LogP contribution in [0, 0.1) is 0 Å². The lowest BCUT2D eigenvalue weighted by molar-refractivity contribution is -0.274. The molecule has 2 aromatic rings. The minimum atomic E-state index is -4.74. The predicted molar refractivity (Wildman–Crippen MR) is 101 cm³/mol. The van der Waals surface area contributed by atoms with Crippen molar-refractivity contribution in [1.82, 2.24) is 15.2 Å². The summed E-state index contributed by atoms with van der Waals surface area (Å²) < 4.78 is 41.3. The Morgan fingerprint density at radius 1 is 1.14 bits per heavy atom. The first-order valence-corrected chi connectivity index (χ1v) is 9.07. The number of halogens is 3. The molecule has 0 unspecified atom stereocenters. The van der Waals surface area contributed by atoms with E-state index in [0.717, 1.165) is 32.0 Å². The fourth-order valence-electron chi connectivity index (χ4n) is 3.13. The number of alkyl halides is 3. The summed E-state index contributed by atoms with van der Waals surface area (Å²) in [6, 6.07) is 11.2. The fraction of sp³-hybridized carbons (Fsp3) is 0.368. The molecule has 1 aromatic carbocycles. The van der Waals surface area contributed by atoms with Gasteiger partial charge in [-0.15, -0.1) is 13.2 Å². The second-order valence-corrected chi connectivity index (χ2v) is 6.52. The van der Waals surface area contributed by atoms with Crippen molar-refractivity contribution < 1.29 is 27.8 Å². The molecule has 0 saturated carbocycles. The van der Waals surface area contributed by atoms with Crippen molar-refractivity contribution in [2.24, 2.45) is 0 Å². The maximum Gasteiger partial charge on any atom is 0.573 e. The topological polar surface area (TPSA) is 77.9 Å². The summed E-state index contributed by atoms with van der Waals surface area (Å²) in [5.41, 5.74) is 1.09. The molecule has 10 heteroatoms. The summed E-state index contributed by atoms with van der Waals surface area (Å²) in [4.78, 5) is 19.4. The largest absolute Gasteiger partial charge is 0.573 e. The van der Waals surface area contributed by atoms with Crippen LogP contribution in [0.5, 0.6) is 5.75 Å². The summed E-state index contributed by atoms with van der Waals surface area (Å²) in [5, 5.41) is 11.0. The number of hydrogen-bond donors (Lipinski definition) is 2. The normalized spacial score (nSPS) is 15.2. The van der Waals surface area contributed by atoms with Crippen LogP contribution in [0.2, 0.25) is 0 Å². The first-order chi connectivity index (χ1) is 13.8. The molecule has 1 aliphatic rings. The minimum Gasteiger partial charge on any atom is -0.465 e. The van der Waals surface area contributed by atoms with E-state index < -0.39 is 12.5 Å². The van der Waals surface area contributed by atoms with E-state index in [0.29, 0.717) is 24.3 Å². The number of hydrogen-bond acceptors (Lipinski definition) is 5. The number of aromatic nitrogens is 1. The second-order valence-electron chi connectivity index (χ2n) is 6.52. The third-order valence-corrected chi connectivity index (χ3v) is 4.50. The van der Waals surface area contributed by atoms with E-state index in [1.165, 1.54) is 18.2 Å². The Morgan fingerprint density at radius 3 is 2.55 bits per heavy atom. The van der Waals surface area contributed by atoms with Gasteiger partial charge in [0.1, 0.15) is 11.6 Å². The number of benzene rings is 1. The number of ether oxygens (including phenoxy) is 1. The number of anilines is 1. The highest BCUT2D eigenvalue weighted by Gasteiger charge is 2.31. The monoisotopic (exact) mass is 410 g/mol. The van der Waals surface area contributed by atoms with Crippen LogP contribution < -0.4 is 15.0 Å². The molecule has 0 spiro atoms. The maximum absolute atomic E-state index is 12.4. The number of carboxylic acid groups (broad SMARTS) is 1. The van der Waals surface area contributed by atoms with Gasteiger partial charge in [0.25, 0.3) is 0 Å². The molecule has 2 heterocycles. The molecule has 29 heavy (non-hydrogen) atoms. The van der Waals surface area contributed by atoms with Crippen molar-refractivity contribution in [3.05, 3.63) is 42.5 Å². The minimum absolute atomic E-state index is 0.286. The molecule has 0 bridgehead atoms. The zero-order valence-corrected chi connectivity index (χ0v) is 15.5. The van der Waals surface area contributed by atoms with Crippen LogP contribution in [0.1, 0.15) is 0 Å². The van der Waals surface area contributed by atoms with Crippen LogP contribution in [-0.4, -0.2) is 66.7 Å². The van der Waals surface area contributed by atoms with Gasteiger partial charge < -0.3 is 20.1 Å². The van der Waals surface area contributed by atoms with Gasteiger partial charge in [0, 0.05) is 44.8 Å². The van der Waals surface area contributed by atoms with Crippen LogP contribution in [0.25, 0.3) is 11.3 Å². The number of piperazine rings is 1. The van der Waals surface area contributed by atoms with Crippen LogP contribution in [0.4, 0.5) is 23.8 Å². The van der Waals surface area contributed by atoms with E-state index in [2.05, 4.69) is 24.8 Å². The molecule has 1 aromatic heterocycles. The summed E-state index contributed by atoms with van der Waals surface area (Å²) >= 11 is 0. The van der Waals surface area contributed by atoms with Crippen molar-refractivity contribution in [3.63, 3.8) is 0 Å². The average Bonchev–Trinajstić information content (AvgIpc) is 2.67. The van der Waals surface area contributed by atoms with Gasteiger partial charge in [0.2, 0.25) is 0 Å². The van der Waals surface area contributed by atoms with E-state index in [1.807, 2.05) is 12.1 Å². The van der Waals surface area contributed by atoms with Crippen LogP contribution in [0.3, 0.4) is 0 Å². The molecular formula is C19H21F3N4O3. The standard InChI is InChI=1S/C19H21F3N4O3/c20-19(21,22)29-15-4-1-3-14(13-15)16-5-2-6-17(24-16)26-11-9-25(10-12-26)8-7-23-18(27)28/h1-6,13,23H,7-12H2,(H,27,28). The molecule has 7 nitrogen and oxygen atoms in total. The summed E-state index contributed by atoms with van der Waals surface area (Å²) in [6.07, 6.45) is -5.78. The highest BCUT2D eigenvalue weighted by molar-refractivity contribution is 5.64. The molecule has 3 rings (SSSR count). The van der Waals surface area contributed by atoms with Crippen LogP contribution in [0.15, 0.2) is 42.5 Å². The van der Waals surface area contributed by atoms with Crippen molar-refractivity contribution in [2.45, 2.75) is 6.36 Å². The van der Waals surface area contributed by atoms with E-state index in [1.54, 1.807) is 12.1 Å². The zero-order valence-electron chi connectivity index (χ0n) is 15.5. The molecule has 0 aliphatic carbocycles. The lowest BCUT2D eigenvalue weighted by Crippen LogP contribution is -2.48. The third kappa shape index (κ3) is 6.24. The Hall–Kier alpha value is -3.01. The molecule has 0 atom stereocenters. The van der Waals surface area contributed by atoms with E-state index in [9.17, 15) is 18.0 Å². The number of rotatable bonds is 6. The van der Waals surface area contributed by atoms with Gasteiger partial charge in [-0.3, -0.25) is 4.90 Å². The first kappa shape index (κ1) is 20.7. The predicted octanol–water partition coefficient (Wildman–Crippen LogP) is 3.04. The highest BCUT2D eigenvalue weighted by atomic mass is 19.4. The Balaban J connectivity index is 1.63. The summed E-state index contributed by atoms with van der Waals surface area (Å²) in [5.74, 6) is 0.457. The molecule has 1 amide bonds. The number of carbonyl (C=O) groups is 1. The fourth-order valence-corrected chi connectivity index (χ4v) is 3.13. The number of nitrogens with zero attached hydrogens (tertiary/aromatic N) is 3. The van der Waals surface area contributed by atoms with Crippen LogP contribution >= 0.6 is 0 Å². The van der Waals surface area contributed by atoms with Gasteiger partial charge in [0.05, 0.1) is 5.69 Å². The lowest BCUT2D eigenvalue weighted by Gasteiger charge is -2.35. The van der Waals surface area contributed by atoms with Gasteiger partial charge in [0.15, 0.2) is 0 Å². The number of amides is 1. The maximum atomic E-state index is 12.4. The molecule has 2 N–H and O–H groups in total. The van der Waals surface area contributed by atoms with Gasteiger partial charge in [-0.25, -0.2) is 9.78 Å². The Morgan fingerprint density at radius 2 is 1.86 bits per heavy atom. The smallest absolute Gasteiger partial charge is 0.465 e. The molecule has 1 saturated heterocycles. The Kier molecular flexibility index (Phi) is 6.42. The molecular weight excluding hydrogens is 389 g/mol. The molecule has 156 valence electrons. The summed E-state index contributed by atoms with van der Waals surface area (Å²) in [7, 11) is 0. The van der Waals surface area contributed by atoms with E-state index >= 15 is 0 Å². The molecule has 1 fully saturated rings. The second kappa shape index (κ2) is 8.99. The van der Waals surface area contributed by atoms with E-state index in [-0.39, 0.29) is 5.75 Å². The van der Waals surface area contributed by atoms with Crippen molar-refractivity contribution in [2.75, 3.05) is 44.2 Å². The highest BCUT2D eigenvalue weighted by Crippen LogP contribution is 2.28. The summed E-state index contributed by atoms with van der Waals surface area (Å²) in [6.45, 7) is 3.99. The quantitative estimate of drug-likeness (QED) is 0.762. The average molecular weight is 410 g/mol. The number of nitrogens with one attached hydrogen (secondary N) is 1. The SMILES string of the molecule is O=C(O)NCCN1CCN(c2cccc(-c3cccc(OC(F)(F)F)c3)n2)CC1. The Labute approximate surface area is 165 Å². The van der Waals surface area contributed by atoms with Crippen LogP contribution in [-0.2, 0) is 0 Å². The van der Waals surface area contributed by atoms with Gasteiger partial charge in [-0.1, -0.05) is 18.2 Å². The number of pyridine rings is 1. The lowest BCUT2D eigenvalue weighted by atomic mass is 10.1. The van der Waals surface area contributed by atoms with Crippen molar-refractivity contribution in [3.8, 4) is 17.0 Å². The third-order valence-electron chi connectivity index (χ3n) is 4.50. The van der Waals surface area contributed by atoms with Crippen molar-refractivity contribution in [1.29, 1.82) is 0 Å². The molecule has 0 radical (unpaired) electrons. The first-order valence-electron chi connectivity index (χ1n) is 9.07. The Bertz CT molecular complexity index is 839. The van der Waals surface area contributed by atoms with E-state index in [4.69, 9.17) is 5.11 Å². The molecule has 1 aliphatic heterocycles. The van der Waals surface area contributed by atoms with Gasteiger partial charge in [-0.2, -0.15) is 0 Å².